The normalized spacial score (nSPS) is 11.0. The van der Waals surface area contributed by atoms with Gasteiger partial charge in [-0.1, -0.05) is 42.5 Å². The fourth-order valence-corrected chi connectivity index (χ4v) is 2.94. The molecule has 0 fully saturated rings. The molecule has 3 aromatic carbocycles. The molecule has 0 spiro atoms. The zero-order valence-corrected chi connectivity index (χ0v) is 11.5. The van der Waals surface area contributed by atoms with E-state index in [2.05, 4.69) is 65.2 Å². The van der Waals surface area contributed by atoms with E-state index < -0.39 is 0 Å². The molecule has 21 heavy (non-hydrogen) atoms. The van der Waals surface area contributed by atoms with Gasteiger partial charge in [-0.25, -0.2) is 0 Å². The van der Waals surface area contributed by atoms with Gasteiger partial charge in [0, 0.05) is 22.7 Å². The van der Waals surface area contributed by atoms with Gasteiger partial charge in [0.05, 0.1) is 11.0 Å². The molecule has 100 valence electrons. The van der Waals surface area contributed by atoms with Gasteiger partial charge in [0.2, 0.25) is 0 Å². The van der Waals surface area contributed by atoms with Crippen LogP contribution in [0.2, 0.25) is 0 Å². The van der Waals surface area contributed by atoms with Crippen LogP contribution in [-0.2, 0) is 0 Å². The number of fused-ring (bicyclic) bond motifs is 3. The Hall–Kier alpha value is -2.87. The number of hydrogen-bond acceptors (Lipinski definition) is 1. The number of aromatic nitrogens is 1. The van der Waals surface area contributed by atoms with Crippen molar-refractivity contribution in [1.29, 1.82) is 5.41 Å². The molecular formula is C19H14N2. The molecule has 2 nitrogen and oxygen atoms in total. The molecule has 0 saturated carbocycles. The Morgan fingerprint density at radius 2 is 1.43 bits per heavy atom. The first kappa shape index (κ1) is 11.9. The fourth-order valence-electron chi connectivity index (χ4n) is 2.94. The predicted octanol–water partition coefficient (Wildman–Crippen LogP) is 4.78. The van der Waals surface area contributed by atoms with Gasteiger partial charge < -0.3 is 9.98 Å². The van der Waals surface area contributed by atoms with Crippen LogP contribution in [0, 0.1) is 5.41 Å². The van der Waals surface area contributed by atoms with Crippen LogP contribution in [0.1, 0.15) is 5.56 Å². The molecule has 0 aliphatic carbocycles. The zero-order chi connectivity index (χ0) is 14.2. The second-order valence-electron chi connectivity index (χ2n) is 5.11. The molecule has 1 aromatic heterocycles. The molecule has 0 atom stereocenters. The van der Waals surface area contributed by atoms with E-state index in [0.29, 0.717) is 0 Å². The third-order valence-electron chi connectivity index (χ3n) is 3.88. The van der Waals surface area contributed by atoms with Crippen LogP contribution < -0.4 is 0 Å². The molecule has 0 bridgehead atoms. The Bertz CT molecular complexity index is 949. The Morgan fingerprint density at radius 1 is 0.714 bits per heavy atom. The first-order valence-electron chi connectivity index (χ1n) is 6.97. The van der Waals surface area contributed by atoms with E-state index in [9.17, 15) is 0 Å². The maximum atomic E-state index is 7.47. The SMILES string of the molecule is N=Cc1ccc2c(c1)c1ccccc1n2-c1ccccc1. The van der Waals surface area contributed by atoms with Crippen LogP contribution in [0.5, 0.6) is 0 Å². The van der Waals surface area contributed by atoms with E-state index in [1.165, 1.54) is 28.0 Å². The molecule has 0 radical (unpaired) electrons. The summed E-state index contributed by atoms with van der Waals surface area (Å²) in [5, 5.41) is 9.88. The minimum Gasteiger partial charge on any atom is -0.309 e. The van der Waals surface area contributed by atoms with Crippen LogP contribution in [0.3, 0.4) is 0 Å². The fraction of sp³-hybridized carbons (Fsp3) is 0. The van der Waals surface area contributed by atoms with Gasteiger partial charge in [-0.3, -0.25) is 0 Å². The number of nitrogens with one attached hydrogen (secondary N) is 1. The van der Waals surface area contributed by atoms with Crippen LogP contribution in [-0.4, -0.2) is 10.8 Å². The van der Waals surface area contributed by atoms with Gasteiger partial charge in [0.1, 0.15) is 0 Å². The third kappa shape index (κ3) is 1.77. The van der Waals surface area contributed by atoms with Crippen LogP contribution in [0.25, 0.3) is 27.5 Å². The van der Waals surface area contributed by atoms with E-state index in [4.69, 9.17) is 5.41 Å². The van der Waals surface area contributed by atoms with Crippen molar-refractivity contribution in [3.8, 4) is 5.69 Å². The maximum Gasteiger partial charge on any atom is 0.0541 e. The average Bonchev–Trinajstić information content (AvgIpc) is 2.89. The molecule has 0 unspecified atom stereocenters. The first-order chi connectivity index (χ1) is 10.4. The molecule has 1 heterocycles. The highest BCUT2D eigenvalue weighted by Crippen LogP contribution is 2.32. The largest absolute Gasteiger partial charge is 0.309 e. The molecule has 4 aromatic rings. The number of benzene rings is 3. The molecule has 2 heteroatoms. The minimum atomic E-state index is 0.929. The summed E-state index contributed by atoms with van der Waals surface area (Å²) in [7, 11) is 0. The van der Waals surface area contributed by atoms with E-state index in [1.54, 1.807) is 0 Å². The molecular weight excluding hydrogens is 256 g/mol. The average molecular weight is 270 g/mol. The van der Waals surface area contributed by atoms with E-state index >= 15 is 0 Å². The molecule has 0 aliphatic rings. The van der Waals surface area contributed by atoms with Crippen molar-refractivity contribution in [2.45, 2.75) is 0 Å². The standard InChI is InChI=1S/C19H14N2/c20-13-14-10-11-19-17(12-14)16-8-4-5-9-18(16)21(19)15-6-2-1-3-7-15/h1-13,20H. The van der Waals surface area contributed by atoms with Crippen molar-refractivity contribution in [3.63, 3.8) is 0 Å². The summed E-state index contributed by atoms with van der Waals surface area (Å²) in [4.78, 5) is 0. The Labute approximate surface area is 122 Å². The van der Waals surface area contributed by atoms with Gasteiger partial charge in [0.25, 0.3) is 0 Å². The summed E-state index contributed by atoms with van der Waals surface area (Å²) in [6.45, 7) is 0. The zero-order valence-electron chi connectivity index (χ0n) is 11.5. The summed E-state index contributed by atoms with van der Waals surface area (Å²) in [6, 6.07) is 25.0. The molecule has 1 N–H and O–H groups in total. The molecule has 0 saturated heterocycles. The highest BCUT2D eigenvalue weighted by Gasteiger charge is 2.11. The van der Waals surface area contributed by atoms with E-state index in [-0.39, 0.29) is 0 Å². The van der Waals surface area contributed by atoms with Gasteiger partial charge >= 0.3 is 0 Å². The second-order valence-corrected chi connectivity index (χ2v) is 5.11. The first-order valence-corrected chi connectivity index (χ1v) is 6.97. The summed E-state index contributed by atoms with van der Waals surface area (Å²) in [6.07, 6.45) is 1.40. The lowest BCUT2D eigenvalue weighted by Gasteiger charge is -2.07. The van der Waals surface area contributed by atoms with Crippen LogP contribution in [0.4, 0.5) is 0 Å². The Morgan fingerprint density at radius 3 is 2.24 bits per heavy atom. The smallest absolute Gasteiger partial charge is 0.0541 e. The van der Waals surface area contributed by atoms with Crippen molar-refractivity contribution in [1.82, 2.24) is 4.57 Å². The highest BCUT2D eigenvalue weighted by molar-refractivity contribution is 6.10. The monoisotopic (exact) mass is 270 g/mol. The second kappa shape index (κ2) is 4.60. The van der Waals surface area contributed by atoms with E-state index in [1.807, 2.05) is 12.1 Å². The van der Waals surface area contributed by atoms with Gasteiger partial charge in [-0.2, -0.15) is 0 Å². The predicted molar refractivity (Wildman–Crippen MR) is 88.7 cm³/mol. The quantitative estimate of drug-likeness (QED) is 0.508. The topological polar surface area (TPSA) is 28.8 Å². The number of rotatable bonds is 2. The summed E-state index contributed by atoms with van der Waals surface area (Å²) in [5.74, 6) is 0. The summed E-state index contributed by atoms with van der Waals surface area (Å²) < 4.78 is 2.28. The van der Waals surface area contributed by atoms with Gasteiger partial charge in [-0.15, -0.1) is 0 Å². The van der Waals surface area contributed by atoms with Crippen LogP contribution >= 0.6 is 0 Å². The van der Waals surface area contributed by atoms with Gasteiger partial charge in [-0.05, 0) is 35.9 Å². The Kier molecular flexibility index (Phi) is 2.61. The summed E-state index contributed by atoms with van der Waals surface area (Å²) >= 11 is 0. The van der Waals surface area contributed by atoms with Crippen molar-refractivity contribution < 1.29 is 0 Å². The molecule has 0 amide bonds. The summed E-state index contributed by atoms with van der Waals surface area (Å²) in [5.41, 5.74) is 4.46. The highest BCUT2D eigenvalue weighted by atomic mass is 15.0. The lowest BCUT2D eigenvalue weighted by molar-refractivity contribution is 1.18. The Balaban J connectivity index is 2.20. The van der Waals surface area contributed by atoms with Crippen molar-refractivity contribution in [3.05, 3.63) is 78.4 Å². The maximum absolute atomic E-state index is 7.47. The van der Waals surface area contributed by atoms with Crippen molar-refractivity contribution >= 4 is 28.0 Å². The lowest BCUT2D eigenvalue weighted by atomic mass is 10.1. The molecule has 4 rings (SSSR count). The number of hydrogen-bond donors (Lipinski definition) is 1. The van der Waals surface area contributed by atoms with Crippen LogP contribution in [0.15, 0.2) is 72.8 Å². The number of nitrogens with zero attached hydrogens (tertiary/aromatic N) is 1. The molecule has 0 aliphatic heterocycles. The van der Waals surface area contributed by atoms with E-state index in [0.717, 1.165) is 11.3 Å². The number of para-hydroxylation sites is 2. The minimum absolute atomic E-state index is 0.929. The lowest BCUT2D eigenvalue weighted by Crippen LogP contribution is -1.92. The van der Waals surface area contributed by atoms with Crippen molar-refractivity contribution in [2.24, 2.45) is 0 Å². The van der Waals surface area contributed by atoms with Crippen molar-refractivity contribution in [2.75, 3.05) is 0 Å². The third-order valence-corrected chi connectivity index (χ3v) is 3.88. The van der Waals surface area contributed by atoms with Gasteiger partial charge in [0.15, 0.2) is 0 Å².